The Labute approximate surface area is 145 Å². The van der Waals surface area contributed by atoms with Gasteiger partial charge in [0.25, 0.3) is 0 Å². The van der Waals surface area contributed by atoms with E-state index >= 15 is 0 Å². The fourth-order valence-corrected chi connectivity index (χ4v) is 3.25. The van der Waals surface area contributed by atoms with Crippen LogP contribution in [0.5, 0.6) is 0 Å². The minimum atomic E-state index is -0.382. The normalized spacial score (nSPS) is 23.0. The Hall–Kier alpha value is -2.77. The average molecular weight is 346 g/mol. The maximum atomic E-state index is 12.2. The van der Waals surface area contributed by atoms with Gasteiger partial charge in [0.15, 0.2) is 0 Å². The SMILES string of the molecule is NC(=O)C1CCC(NC(=O)Nc2cccc(N3CCOC3=O)c2)CC1. The number of rotatable bonds is 4. The van der Waals surface area contributed by atoms with Crippen LogP contribution in [0.4, 0.5) is 21.0 Å². The minimum Gasteiger partial charge on any atom is -0.447 e. The van der Waals surface area contributed by atoms with E-state index in [4.69, 9.17) is 10.5 Å². The number of carbonyl (C=O) groups is 3. The Kier molecular flexibility index (Phi) is 5.06. The van der Waals surface area contributed by atoms with Gasteiger partial charge in [-0.2, -0.15) is 0 Å². The van der Waals surface area contributed by atoms with E-state index in [0.717, 1.165) is 12.8 Å². The highest BCUT2D eigenvalue weighted by Gasteiger charge is 2.26. The summed E-state index contributed by atoms with van der Waals surface area (Å²) in [5.74, 6) is -0.349. The summed E-state index contributed by atoms with van der Waals surface area (Å²) in [6.07, 6.45) is 2.49. The average Bonchev–Trinajstić information content (AvgIpc) is 3.01. The van der Waals surface area contributed by atoms with Gasteiger partial charge in [-0.15, -0.1) is 0 Å². The summed E-state index contributed by atoms with van der Waals surface area (Å²) in [5.41, 5.74) is 6.60. The molecule has 0 atom stereocenters. The van der Waals surface area contributed by atoms with Crippen LogP contribution in [-0.4, -0.2) is 37.2 Å². The Bertz CT molecular complexity index is 670. The summed E-state index contributed by atoms with van der Waals surface area (Å²) in [6, 6.07) is 6.79. The molecule has 1 aromatic carbocycles. The highest BCUT2D eigenvalue weighted by molar-refractivity contribution is 5.93. The van der Waals surface area contributed by atoms with Gasteiger partial charge in [-0.3, -0.25) is 9.69 Å². The van der Waals surface area contributed by atoms with Gasteiger partial charge in [0.1, 0.15) is 6.61 Å². The molecule has 0 unspecified atom stereocenters. The zero-order chi connectivity index (χ0) is 17.8. The molecule has 1 saturated carbocycles. The molecule has 2 aliphatic rings. The van der Waals surface area contributed by atoms with Crippen LogP contribution in [-0.2, 0) is 9.53 Å². The first kappa shape index (κ1) is 17.1. The molecular formula is C17H22N4O4. The van der Waals surface area contributed by atoms with Crippen molar-refractivity contribution in [1.82, 2.24) is 5.32 Å². The molecule has 0 bridgehead atoms. The van der Waals surface area contributed by atoms with Crippen LogP contribution in [0.2, 0.25) is 0 Å². The van der Waals surface area contributed by atoms with Crippen LogP contribution in [0, 0.1) is 5.92 Å². The molecule has 3 rings (SSSR count). The maximum absolute atomic E-state index is 12.2. The quantitative estimate of drug-likeness (QED) is 0.771. The first-order valence-corrected chi connectivity index (χ1v) is 8.44. The van der Waals surface area contributed by atoms with E-state index in [1.165, 1.54) is 4.90 Å². The Balaban J connectivity index is 1.53. The van der Waals surface area contributed by atoms with E-state index in [0.29, 0.717) is 37.4 Å². The summed E-state index contributed by atoms with van der Waals surface area (Å²) in [7, 11) is 0. The van der Waals surface area contributed by atoms with Gasteiger partial charge in [-0.25, -0.2) is 9.59 Å². The number of nitrogens with two attached hydrogens (primary N) is 1. The van der Waals surface area contributed by atoms with E-state index in [1.54, 1.807) is 24.3 Å². The highest BCUT2D eigenvalue weighted by Crippen LogP contribution is 2.25. The topological polar surface area (TPSA) is 114 Å². The van der Waals surface area contributed by atoms with Gasteiger partial charge in [-0.1, -0.05) is 6.07 Å². The number of carbonyl (C=O) groups excluding carboxylic acids is 3. The molecule has 1 aliphatic heterocycles. The summed E-state index contributed by atoms with van der Waals surface area (Å²) >= 11 is 0. The summed E-state index contributed by atoms with van der Waals surface area (Å²) in [6.45, 7) is 0.864. The van der Waals surface area contributed by atoms with E-state index in [2.05, 4.69) is 10.6 Å². The molecule has 8 nitrogen and oxygen atoms in total. The lowest BCUT2D eigenvalue weighted by atomic mass is 9.86. The number of hydrogen-bond acceptors (Lipinski definition) is 4. The van der Waals surface area contributed by atoms with Crippen molar-refractivity contribution < 1.29 is 19.1 Å². The van der Waals surface area contributed by atoms with Crippen molar-refractivity contribution in [3.63, 3.8) is 0 Å². The van der Waals surface area contributed by atoms with E-state index in [9.17, 15) is 14.4 Å². The number of nitrogens with one attached hydrogen (secondary N) is 2. The molecule has 1 aliphatic carbocycles. The second kappa shape index (κ2) is 7.42. The monoisotopic (exact) mass is 346 g/mol. The number of urea groups is 1. The van der Waals surface area contributed by atoms with Crippen LogP contribution in [0.3, 0.4) is 0 Å². The van der Waals surface area contributed by atoms with E-state index < -0.39 is 0 Å². The van der Waals surface area contributed by atoms with Crippen LogP contribution >= 0.6 is 0 Å². The zero-order valence-corrected chi connectivity index (χ0v) is 13.9. The number of amides is 4. The van der Waals surface area contributed by atoms with Crippen molar-refractivity contribution in [2.45, 2.75) is 31.7 Å². The molecule has 0 spiro atoms. The van der Waals surface area contributed by atoms with Crippen molar-refractivity contribution in [2.24, 2.45) is 11.7 Å². The molecule has 1 saturated heterocycles. The smallest absolute Gasteiger partial charge is 0.414 e. The number of cyclic esters (lactones) is 1. The number of anilines is 2. The third-order valence-electron chi connectivity index (χ3n) is 4.64. The molecule has 4 N–H and O–H groups in total. The Morgan fingerprint density at radius 2 is 1.96 bits per heavy atom. The Morgan fingerprint density at radius 3 is 2.60 bits per heavy atom. The van der Waals surface area contributed by atoms with Gasteiger partial charge in [0.05, 0.1) is 6.54 Å². The van der Waals surface area contributed by atoms with Gasteiger partial charge < -0.3 is 21.1 Å². The molecule has 25 heavy (non-hydrogen) atoms. The fraction of sp³-hybridized carbons (Fsp3) is 0.471. The van der Waals surface area contributed by atoms with Gasteiger partial charge in [-0.05, 0) is 43.9 Å². The number of primary amides is 1. The first-order valence-electron chi connectivity index (χ1n) is 8.44. The van der Waals surface area contributed by atoms with Crippen LogP contribution in [0.1, 0.15) is 25.7 Å². The number of ether oxygens (including phenoxy) is 1. The predicted molar refractivity (Wildman–Crippen MR) is 92.2 cm³/mol. The van der Waals surface area contributed by atoms with Crippen LogP contribution in [0.25, 0.3) is 0 Å². The van der Waals surface area contributed by atoms with Crippen molar-refractivity contribution in [1.29, 1.82) is 0 Å². The fourth-order valence-electron chi connectivity index (χ4n) is 3.25. The second-order valence-electron chi connectivity index (χ2n) is 6.37. The lowest BCUT2D eigenvalue weighted by Gasteiger charge is -2.27. The molecule has 0 aromatic heterocycles. The maximum Gasteiger partial charge on any atom is 0.414 e. The minimum absolute atomic E-state index is 0.0346. The van der Waals surface area contributed by atoms with Crippen LogP contribution in [0.15, 0.2) is 24.3 Å². The predicted octanol–water partition coefficient (Wildman–Crippen LogP) is 1.81. The van der Waals surface area contributed by atoms with E-state index in [-0.39, 0.29) is 30.0 Å². The van der Waals surface area contributed by atoms with Gasteiger partial charge in [0, 0.05) is 23.3 Å². The van der Waals surface area contributed by atoms with Crippen LogP contribution < -0.4 is 21.3 Å². The summed E-state index contributed by atoms with van der Waals surface area (Å²) < 4.78 is 4.92. The number of nitrogens with zero attached hydrogens (tertiary/aromatic N) is 1. The van der Waals surface area contributed by atoms with Gasteiger partial charge >= 0.3 is 12.1 Å². The lowest BCUT2D eigenvalue weighted by molar-refractivity contribution is -0.122. The largest absolute Gasteiger partial charge is 0.447 e. The molecule has 8 heteroatoms. The molecule has 1 aromatic rings. The molecule has 2 fully saturated rings. The van der Waals surface area contributed by atoms with Crippen molar-refractivity contribution in [3.05, 3.63) is 24.3 Å². The second-order valence-corrected chi connectivity index (χ2v) is 6.37. The van der Waals surface area contributed by atoms with Crippen molar-refractivity contribution >= 4 is 29.4 Å². The molecule has 1 heterocycles. The first-order chi connectivity index (χ1) is 12.0. The third-order valence-corrected chi connectivity index (χ3v) is 4.64. The summed E-state index contributed by atoms with van der Waals surface area (Å²) in [4.78, 5) is 36.5. The Morgan fingerprint density at radius 1 is 1.20 bits per heavy atom. The summed E-state index contributed by atoms with van der Waals surface area (Å²) in [5, 5.41) is 5.70. The standard InChI is InChI=1S/C17H22N4O4/c18-15(22)11-4-6-12(7-5-11)19-16(23)20-13-2-1-3-14(10-13)21-8-9-25-17(21)24/h1-3,10-12H,4-9H2,(H2,18,22)(H2,19,20,23). The van der Waals surface area contributed by atoms with Gasteiger partial charge in [0.2, 0.25) is 5.91 Å². The van der Waals surface area contributed by atoms with Crippen molar-refractivity contribution in [3.8, 4) is 0 Å². The highest BCUT2D eigenvalue weighted by atomic mass is 16.6. The number of benzene rings is 1. The van der Waals surface area contributed by atoms with Crippen molar-refractivity contribution in [2.75, 3.05) is 23.4 Å². The van der Waals surface area contributed by atoms with E-state index in [1.807, 2.05) is 0 Å². The third kappa shape index (κ3) is 4.20. The zero-order valence-electron chi connectivity index (χ0n) is 13.9. The molecule has 4 amide bonds. The lowest BCUT2D eigenvalue weighted by Crippen LogP contribution is -2.41. The molecule has 134 valence electrons. The molecular weight excluding hydrogens is 324 g/mol. The molecule has 0 radical (unpaired) electrons. The number of hydrogen-bond donors (Lipinski definition) is 3.